The number of benzene rings is 2. The molecule has 10 nitrogen and oxygen atoms in total. The first kappa shape index (κ1) is 24.4. The van der Waals surface area contributed by atoms with E-state index in [0.29, 0.717) is 24.3 Å². The minimum absolute atomic E-state index is 0.154. The van der Waals surface area contributed by atoms with Crippen molar-refractivity contribution < 1.29 is 9.59 Å². The zero-order valence-electron chi connectivity index (χ0n) is 19.7. The van der Waals surface area contributed by atoms with E-state index in [1.54, 1.807) is 36.9 Å². The average Bonchev–Trinajstić information content (AvgIpc) is 3.41. The first-order valence-corrected chi connectivity index (χ1v) is 11.5. The molecule has 0 aliphatic rings. The number of nitrogens with two attached hydrogens (primary N) is 2. The highest BCUT2D eigenvalue weighted by Gasteiger charge is 2.18. The monoisotopic (exact) mass is 484 g/mol. The number of carbonyl (C=O) groups excluding carboxylic acids is 2. The predicted molar refractivity (Wildman–Crippen MR) is 138 cm³/mol. The van der Waals surface area contributed by atoms with Crippen LogP contribution < -0.4 is 22.2 Å². The average molecular weight is 485 g/mol. The molecule has 0 saturated heterocycles. The van der Waals surface area contributed by atoms with Gasteiger partial charge >= 0.3 is 0 Å². The Morgan fingerprint density at radius 3 is 2.64 bits per heavy atom. The molecule has 2 aromatic heterocycles. The van der Waals surface area contributed by atoms with Gasteiger partial charge in [-0.25, -0.2) is 15.8 Å². The summed E-state index contributed by atoms with van der Waals surface area (Å²) < 4.78 is 1.94. The van der Waals surface area contributed by atoms with Crippen LogP contribution >= 0.6 is 0 Å². The number of hydrogen-bond donors (Lipinski definition) is 4. The summed E-state index contributed by atoms with van der Waals surface area (Å²) in [5.41, 5.74) is 7.34. The van der Waals surface area contributed by atoms with Crippen molar-refractivity contribution >= 4 is 28.3 Å². The summed E-state index contributed by atoms with van der Waals surface area (Å²) in [6.45, 7) is 1.62. The molecule has 2 aromatic carbocycles. The van der Waals surface area contributed by atoms with Gasteiger partial charge in [-0.3, -0.25) is 9.59 Å². The number of aromatic nitrogens is 3. The molecule has 6 N–H and O–H groups in total. The van der Waals surface area contributed by atoms with E-state index < -0.39 is 0 Å². The fraction of sp³-hybridized carbons (Fsp3) is 0.154. The minimum atomic E-state index is -0.354. The van der Waals surface area contributed by atoms with Gasteiger partial charge < -0.3 is 25.9 Å². The van der Waals surface area contributed by atoms with Crippen LogP contribution in [0.15, 0.2) is 85.8 Å². The van der Waals surface area contributed by atoms with Gasteiger partial charge in [0, 0.05) is 49.6 Å². The molecular weight excluding hydrogens is 456 g/mol. The van der Waals surface area contributed by atoms with Gasteiger partial charge in [-0.05, 0) is 41.0 Å². The third-order valence-corrected chi connectivity index (χ3v) is 5.60. The van der Waals surface area contributed by atoms with Crippen molar-refractivity contribution in [1.82, 2.24) is 24.9 Å². The van der Waals surface area contributed by atoms with E-state index in [1.165, 1.54) is 17.4 Å². The number of rotatable bonds is 10. The summed E-state index contributed by atoms with van der Waals surface area (Å²) in [7, 11) is 0. The standard InChI is InChI=1S/C26H28N8O2/c27-10-15-34(28)17-19-8-9-22(21-6-2-1-5-20(19)21)25(35)32-23-7-3-11-30-24(23)26(36)31-12-4-14-33-16-13-29-18-33/h1-3,5-11,13,15-16,18H,4,12,14,17,27-28H2,(H,31,36)(H,32,35)/b15-10-. The molecule has 4 rings (SSSR count). The smallest absolute Gasteiger partial charge is 0.272 e. The maximum Gasteiger partial charge on any atom is 0.272 e. The number of nitrogens with one attached hydrogen (secondary N) is 2. The largest absolute Gasteiger partial charge is 0.403 e. The Kier molecular flexibility index (Phi) is 7.89. The third kappa shape index (κ3) is 5.86. The SMILES string of the molecule is N/C=C\N(N)Cc1ccc(C(=O)Nc2cccnc2C(=O)NCCCn2ccnc2)c2ccccc12. The molecule has 0 fully saturated rings. The summed E-state index contributed by atoms with van der Waals surface area (Å²) >= 11 is 0. The van der Waals surface area contributed by atoms with Gasteiger partial charge in [0.05, 0.1) is 18.6 Å². The molecule has 0 bridgehead atoms. The van der Waals surface area contributed by atoms with Crippen molar-refractivity contribution in [3.05, 3.63) is 103 Å². The predicted octanol–water partition coefficient (Wildman–Crippen LogP) is 2.61. The van der Waals surface area contributed by atoms with Crippen LogP contribution in [0.4, 0.5) is 5.69 Å². The van der Waals surface area contributed by atoms with Crippen molar-refractivity contribution in [3.63, 3.8) is 0 Å². The number of fused-ring (bicyclic) bond motifs is 1. The van der Waals surface area contributed by atoms with Crippen LogP contribution in [0, 0.1) is 0 Å². The van der Waals surface area contributed by atoms with Crippen molar-refractivity contribution in [1.29, 1.82) is 0 Å². The molecule has 10 heteroatoms. The third-order valence-electron chi connectivity index (χ3n) is 5.60. The molecule has 0 atom stereocenters. The highest BCUT2D eigenvalue weighted by Crippen LogP contribution is 2.25. The highest BCUT2D eigenvalue weighted by atomic mass is 16.2. The maximum atomic E-state index is 13.3. The zero-order chi connectivity index (χ0) is 25.3. The number of carbonyl (C=O) groups is 2. The van der Waals surface area contributed by atoms with Gasteiger partial charge in [0.1, 0.15) is 0 Å². The molecule has 0 aliphatic carbocycles. The molecule has 0 unspecified atom stereocenters. The second-order valence-corrected chi connectivity index (χ2v) is 8.10. The van der Waals surface area contributed by atoms with E-state index in [0.717, 1.165) is 29.3 Å². The first-order valence-electron chi connectivity index (χ1n) is 11.5. The van der Waals surface area contributed by atoms with E-state index in [4.69, 9.17) is 11.6 Å². The van der Waals surface area contributed by atoms with Gasteiger partial charge in [0.15, 0.2) is 5.69 Å². The normalized spacial score (nSPS) is 11.0. The number of pyridine rings is 1. The van der Waals surface area contributed by atoms with E-state index in [9.17, 15) is 9.59 Å². The number of hydrazine groups is 1. The number of hydrogen-bond acceptors (Lipinski definition) is 7. The summed E-state index contributed by atoms with van der Waals surface area (Å²) in [5.74, 6) is 5.26. The van der Waals surface area contributed by atoms with Crippen LogP contribution in [0.3, 0.4) is 0 Å². The maximum absolute atomic E-state index is 13.3. The number of anilines is 1. The lowest BCUT2D eigenvalue weighted by Crippen LogP contribution is -2.27. The van der Waals surface area contributed by atoms with Crippen LogP contribution in [0.1, 0.15) is 32.8 Å². The lowest BCUT2D eigenvalue weighted by Gasteiger charge is -2.17. The number of nitrogens with zero attached hydrogens (tertiary/aromatic N) is 4. The fourth-order valence-electron chi connectivity index (χ4n) is 3.90. The van der Waals surface area contributed by atoms with Crippen molar-refractivity contribution in [2.24, 2.45) is 11.6 Å². The Bertz CT molecular complexity index is 1370. The van der Waals surface area contributed by atoms with Crippen LogP contribution in [0.25, 0.3) is 10.8 Å². The molecule has 4 aromatic rings. The van der Waals surface area contributed by atoms with Gasteiger partial charge in [-0.2, -0.15) is 0 Å². The highest BCUT2D eigenvalue weighted by molar-refractivity contribution is 6.15. The Hall–Kier alpha value is -4.70. The molecule has 0 aliphatic heterocycles. The van der Waals surface area contributed by atoms with Crippen LogP contribution in [0.2, 0.25) is 0 Å². The second-order valence-electron chi connectivity index (χ2n) is 8.10. The fourth-order valence-corrected chi connectivity index (χ4v) is 3.90. The molecule has 2 heterocycles. The second kappa shape index (κ2) is 11.6. The van der Waals surface area contributed by atoms with Crippen molar-refractivity contribution in [3.8, 4) is 0 Å². The Labute approximate surface area is 208 Å². The lowest BCUT2D eigenvalue weighted by atomic mass is 9.98. The molecule has 0 saturated carbocycles. The molecular formula is C26H28N8O2. The van der Waals surface area contributed by atoms with Crippen LogP contribution in [0.5, 0.6) is 0 Å². The molecule has 0 spiro atoms. The zero-order valence-corrected chi connectivity index (χ0v) is 19.7. The van der Waals surface area contributed by atoms with Crippen molar-refractivity contribution in [2.45, 2.75) is 19.5 Å². The Balaban J connectivity index is 1.49. The first-order chi connectivity index (χ1) is 17.6. The van der Waals surface area contributed by atoms with Gasteiger partial charge in [-0.15, -0.1) is 0 Å². The van der Waals surface area contributed by atoms with Crippen LogP contribution in [-0.2, 0) is 13.1 Å². The summed E-state index contributed by atoms with van der Waals surface area (Å²) in [4.78, 5) is 34.3. The molecule has 0 radical (unpaired) electrons. The molecule has 2 amide bonds. The van der Waals surface area contributed by atoms with E-state index in [-0.39, 0.29) is 17.5 Å². The molecule has 36 heavy (non-hydrogen) atoms. The Morgan fingerprint density at radius 2 is 1.86 bits per heavy atom. The summed E-state index contributed by atoms with van der Waals surface area (Å²) in [5, 5.41) is 8.86. The topological polar surface area (TPSA) is 144 Å². The van der Waals surface area contributed by atoms with E-state index in [2.05, 4.69) is 20.6 Å². The van der Waals surface area contributed by atoms with Gasteiger partial charge in [-0.1, -0.05) is 30.3 Å². The van der Waals surface area contributed by atoms with Crippen LogP contribution in [-0.4, -0.2) is 37.9 Å². The summed E-state index contributed by atoms with van der Waals surface area (Å²) in [6.07, 6.45) is 10.5. The lowest BCUT2D eigenvalue weighted by molar-refractivity contribution is 0.0948. The minimum Gasteiger partial charge on any atom is -0.403 e. The van der Waals surface area contributed by atoms with E-state index >= 15 is 0 Å². The van der Waals surface area contributed by atoms with E-state index in [1.807, 2.05) is 41.1 Å². The quantitative estimate of drug-likeness (QED) is 0.154. The number of aryl methyl sites for hydroxylation is 1. The number of amides is 2. The molecule has 184 valence electrons. The van der Waals surface area contributed by atoms with Gasteiger partial charge in [0.25, 0.3) is 11.8 Å². The van der Waals surface area contributed by atoms with Crippen molar-refractivity contribution in [2.75, 3.05) is 11.9 Å². The summed E-state index contributed by atoms with van der Waals surface area (Å²) in [6, 6.07) is 14.5. The van der Waals surface area contributed by atoms with Gasteiger partial charge in [0.2, 0.25) is 0 Å². The Morgan fingerprint density at radius 1 is 1.03 bits per heavy atom. The number of imidazole rings is 1.